The molecule has 3 N–H and O–H groups in total. The molecular weight excluding hydrogens is 268 g/mol. The van der Waals surface area contributed by atoms with Gasteiger partial charge in [0.1, 0.15) is 5.76 Å². The van der Waals surface area contributed by atoms with Crippen LogP contribution in [0.25, 0.3) is 0 Å². The molecule has 0 unspecified atom stereocenters. The Balaban J connectivity index is 1.93. The van der Waals surface area contributed by atoms with Crippen LogP contribution in [0.4, 0.5) is 0 Å². The number of nitrogens with zero attached hydrogens (tertiary/aromatic N) is 1. The van der Waals surface area contributed by atoms with Gasteiger partial charge in [-0.15, -0.1) is 0 Å². The van der Waals surface area contributed by atoms with Gasteiger partial charge in [-0.1, -0.05) is 0 Å². The van der Waals surface area contributed by atoms with Gasteiger partial charge in [0, 0.05) is 17.8 Å². The predicted molar refractivity (Wildman–Crippen MR) is 68.8 cm³/mol. The van der Waals surface area contributed by atoms with E-state index >= 15 is 0 Å². The molecule has 0 fully saturated rings. The quantitative estimate of drug-likeness (QED) is 0.717. The maximum atomic E-state index is 11.5. The molecule has 0 aliphatic rings. The Morgan fingerprint density at radius 2 is 2.16 bits per heavy atom. The lowest BCUT2D eigenvalue weighted by molar-refractivity contribution is 0.400. The van der Waals surface area contributed by atoms with Crippen LogP contribution in [0.3, 0.4) is 0 Å². The van der Waals surface area contributed by atoms with Crippen LogP contribution in [0.1, 0.15) is 17.0 Å². The Labute approximate surface area is 111 Å². The Bertz CT molecular complexity index is 644. The maximum absolute atomic E-state index is 11.5. The summed E-state index contributed by atoms with van der Waals surface area (Å²) >= 11 is 0. The van der Waals surface area contributed by atoms with Crippen LogP contribution in [-0.2, 0) is 23.1 Å². The number of rotatable bonds is 6. The summed E-state index contributed by atoms with van der Waals surface area (Å²) in [5, 5.41) is 9.85. The highest BCUT2D eigenvalue weighted by Crippen LogP contribution is 2.13. The van der Waals surface area contributed by atoms with Crippen molar-refractivity contribution in [1.82, 2.24) is 20.2 Å². The van der Waals surface area contributed by atoms with Crippen molar-refractivity contribution in [2.45, 2.75) is 25.1 Å². The van der Waals surface area contributed by atoms with E-state index in [1.54, 1.807) is 12.3 Å². The zero-order valence-electron chi connectivity index (χ0n) is 10.7. The Morgan fingerprint density at radius 1 is 1.37 bits per heavy atom. The van der Waals surface area contributed by atoms with Gasteiger partial charge in [0.05, 0.1) is 12.7 Å². The van der Waals surface area contributed by atoms with E-state index in [4.69, 9.17) is 4.42 Å². The second kappa shape index (κ2) is 5.55. The van der Waals surface area contributed by atoms with Crippen LogP contribution < -0.4 is 10.0 Å². The van der Waals surface area contributed by atoms with Gasteiger partial charge in [0.15, 0.2) is 0 Å². The second-order valence-corrected chi connectivity index (χ2v) is 5.87. The van der Waals surface area contributed by atoms with Gasteiger partial charge in [-0.3, -0.25) is 5.10 Å². The highest BCUT2D eigenvalue weighted by Gasteiger charge is 2.16. The number of H-pyrrole nitrogens is 1. The molecule has 2 heterocycles. The summed E-state index contributed by atoms with van der Waals surface area (Å²) in [7, 11) is -2.17. The minimum Gasteiger partial charge on any atom is -0.447 e. The zero-order valence-corrected chi connectivity index (χ0v) is 11.5. The largest absolute Gasteiger partial charge is 0.447 e. The summed E-state index contributed by atoms with van der Waals surface area (Å²) in [6.45, 7) is 3.02. The van der Waals surface area contributed by atoms with E-state index in [9.17, 15) is 8.42 Å². The molecule has 2 aromatic heterocycles. The van der Waals surface area contributed by atoms with E-state index in [2.05, 4.69) is 20.2 Å². The van der Waals surface area contributed by atoms with E-state index in [0.29, 0.717) is 18.8 Å². The lowest BCUT2D eigenvalue weighted by atomic mass is 10.2. The highest BCUT2D eigenvalue weighted by molar-refractivity contribution is 7.89. The van der Waals surface area contributed by atoms with Gasteiger partial charge in [-0.25, -0.2) is 13.1 Å². The lowest BCUT2D eigenvalue weighted by Crippen LogP contribution is -2.17. The summed E-state index contributed by atoms with van der Waals surface area (Å²) < 4.78 is 30.4. The second-order valence-electron chi connectivity index (χ2n) is 4.05. The van der Waals surface area contributed by atoms with Gasteiger partial charge >= 0.3 is 0 Å². The Hall–Kier alpha value is -1.64. The van der Waals surface area contributed by atoms with Crippen LogP contribution in [-0.4, -0.2) is 25.7 Å². The number of aryl methyl sites for hydroxylation is 1. The van der Waals surface area contributed by atoms with Crippen LogP contribution >= 0.6 is 0 Å². The number of furan rings is 1. The highest BCUT2D eigenvalue weighted by atomic mass is 32.2. The first-order chi connectivity index (χ1) is 9.03. The smallest absolute Gasteiger partial charge is 0.273 e. The van der Waals surface area contributed by atoms with E-state index < -0.39 is 10.0 Å². The van der Waals surface area contributed by atoms with Crippen molar-refractivity contribution in [1.29, 1.82) is 0 Å². The van der Waals surface area contributed by atoms with Crippen LogP contribution in [0.2, 0.25) is 0 Å². The van der Waals surface area contributed by atoms with Crippen molar-refractivity contribution in [2.24, 2.45) is 0 Å². The standard InChI is InChI=1S/C11H16N4O3S/c1-8-9(6-14-15-8)5-13-7-10-3-4-11(18-10)19(16,17)12-2/h3-4,6,12-13H,5,7H2,1-2H3,(H,14,15). The maximum Gasteiger partial charge on any atom is 0.273 e. The number of aromatic amines is 1. The number of sulfonamides is 1. The monoisotopic (exact) mass is 284 g/mol. The fourth-order valence-electron chi connectivity index (χ4n) is 1.57. The zero-order chi connectivity index (χ0) is 13.9. The number of nitrogens with one attached hydrogen (secondary N) is 3. The fourth-order valence-corrected chi connectivity index (χ4v) is 2.24. The van der Waals surface area contributed by atoms with Crippen LogP contribution in [0, 0.1) is 6.92 Å². The third-order valence-electron chi connectivity index (χ3n) is 2.72. The minimum absolute atomic E-state index is 0.0775. The molecule has 7 nitrogen and oxygen atoms in total. The molecule has 0 aromatic carbocycles. The summed E-state index contributed by atoms with van der Waals surface area (Å²) in [6.07, 6.45) is 1.75. The van der Waals surface area contributed by atoms with Crippen molar-refractivity contribution in [3.05, 3.63) is 35.3 Å². The molecule has 104 valence electrons. The average Bonchev–Trinajstić information content (AvgIpc) is 3.00. The minimum atomic E-state index is -3.51. The Morgan fingerprint density at radius 3 is 2.79 bits per heavy atom. The predicted octanol–water partition coefficient (Wildman–Crippen LogP) is 0.509. The molecule has 19 heavy (non-hydrogen) atoms. The molecule has 0 aliphatic heterocycles. The summed E-state index contributed by atoms with van der Waals surface area (Å²) in [4.78, 5) is 0. The first kappa shape index (κ1) is 13.8. The lowest BCUT2D eigenvalue weighted by Gasteiger charge is -2.01. The molecule has 8 heteroatoms. The van der Waals surface area contributed by atoms with Gasteiger partial charge in [0.25, 0.3) is 10.0 Å². The molecule has 0 atom stereocenters. The van der Waals surface area contributed by atoms with Gasteiger partial charge in [0.2, 0.25) is 5.09 Å². The number of hydrogen-bond acceptors (Lipinski definition) is 5. The van der Waals surface area contributed by atoms with E-state index in [1.165, 1.54) is 13.1 Å². The molecule has 2 aromatic rings. The first-order valence-corrected chi connectivity index (χ1v) is 7.23. The molecule has 0 bridgehead atoms. The SMILES string of the molecule is CNS(=O)(=O)c1ccc(CNCc2cn[nH]c2C)o1. The van der Waals surface area contributed by atoms with Gasteiger partial charge < -0.3 is 9.73 Å². The third kappa shape index (κ3) is 3.22. The molecule has 0 saturated carbocycles. The van der Waals surface area contributed by atoms with E-state index in [0.717, 1.165) is 11.3 Å². The van der Waals surface area contributed by atoms with Crippen molar-refractivity contribution < 1.29 is 12.8 Å². The van der Waals surface area contributed by atoms with E-state index in [1.807, 2.05) is 6.92 Å². The van der Waals surface area contributed by atoms with Crippen LogP contribution in [0.15, 0.2) is 27.8 Å². The molecule has 2 rings (SSSR count). The average molecular weight is 284 g/mol. The molecule has 0 radical (unpaired) electrons. The Kier molecular flexibility index (Phi) is 4.03. The van der Waals surface area contributed by atoms with Crippen molar-refractivity contribution in [3.63, 3.8) is 0 Å². The van der Waals surface area contributed by atoms with E-state index in [-0.39, 0.29) is 5.09 Å². The normalized spacial score (nSPS) is 11.9. The molecule has 0 spiro atoms. The summed E-state index contributed by atoms with van der Waals surface area (Å²) in [5.41, 5.74) is 2.07. The van der Waals surface area contributed by atoms with Crippen LogP contribution in [0.5, 0.6) is 0 Å². The van der Waals surface area contributed by atoms with Gasteiger partial charge in [-0.05, 0) is 26.1 Å². The van der Waals surface area contributed by atoms with Crippen molar-refractivity contribution >= 4 is 10.0 Å². The first-order valence-electron chi connectivity index (χ1n) is 5.75. The fraction of sp³-hybridized carbons (Fsp3) is 0.364. The molecule has 0 aliphatic carbocycles. The van der Waals surface area contributed by atoms with Crippen molar-refractivity contribution in [3.8, 4) is 0 Å². The molecular formula is C11H16N4O3S. The molecule has 0 amide bonds. The summed E-state index contributed by atoms with van der Waals surface area (Å²) in [6, 6.07) is 3.07. The topological polar surface area (TPSA) is 100 Å². The number of aromatic nitrogens is 2. The number of hydrogen-bond donors (Lipinski definition) is 3. The molecule has 0 saturated heterocycles. The third-order valence-corrected chi connectivity index (χ3v) is 4.01. The summed E-state index contributed by atoms with van der Waals surface area (Å²) in [5.74, 6) is 0.565. The van der Waals surface area contributed by atoms with Gasteiger partial charge in [-0.2, -0.15) is 5.10 Å². The van der Waals surface area contributed by atoms with Crippen molar-refractivity contribution in [2.75, 3.05) is 7.05 Å².